The number of fused-ring (bicyclic) bond motifs is 1. The molecule has 1 heterocycles. The number of alkyl halides is 6. The normalized spacial score (nSPS) is 13.2. The molecule has 2 amide bonds. The van der Waals surface area contributed by atoms with Gasteiger partial charge in [-0.1, -0.05) is 18.2 Å². The highest BCUT2D eigenvalue weighted by molar-refractivity contribution is 5.89. The Morgan fingerprint density at radius 1 is 0.969 bits per heavy atom. The van der Waals surface area contributed by atoms with Crippen molar-refractivity contribution in [1.82, 2.24) is 10.3 Å². The van der Waals surface area contributed by atoms with Crippen LogP contribution in [0.25, 0.3) is 10.9 Å². The highest BCUT2D eigenvalue weighted by atomic mass is 19.4. The minimum Gasteiger partial charge on any atom is -0.368 e. The smallest absolute Gasteiger partial charge is 0.368 e. The van der Waals surface area contributed by atoms with Crippen LogP contribution in [-0.4, -0.2) is 22.8 Å². The summed E-state index contributed by atoms with van der Waals surface area (Å²) in [6.07, 6.45) is -9.25. The number of primary amides is 1. The SMILES string of the molecule is NC(=O)[C@@H](Cc1c[nH]c2ccccc12)NC(=O)Cc1cc(C(F)(F)F)cc(C(F)(F)F)c1. The minimum absolute atomic E-state index is 0.0124. The Labute approximate surface area is 177 Å². The van der Waals surface area contributed by atoms with E-state index < -0.39 is 53.3 Å². The highest BCUT2D eigenvalue weighted by Crippen LogP contribution is 2.36. The molecule has 2 aromatic carbocycles. The van der Waals surface area contributed by atoms with E-state index in [-0.39, 0.29) is 12.5 Å². The zero-order chi connectivity index (χ0) is 23.7. The number of amides is 2. The molecule has 0 aliphatic rings. The van der Waals surface area contributed by atoms with Gasteiger partial charge in [0.25, 0.3) is 0 Å². The fourth-order valence-corrected chi connectivity index (χ4v) is 3.30. The zero-order valence-electron chi connectivity index (χ0n) is 16.3. The maximum Gasteiger partial charge on any atom is 0.416 e. The van der Waals surface area contributed by atoms with E-state index in [2.05, 4.69) is 10.3 Å². The second-order valence-electron chi connectivity index (χ2n) is 7.18. The molecule has 0 fully saturated rings. The molecule has 3 aromatic rings. The average molecular weight is 457 g/mol. The van der Waals surface area contributed by atoms with Gasteiger partial charge in [-0.05, 0) is 35.4 Å². The molecule has 0 aliphatic carbocycles. The molecule has 0 bridgehead atoms. The predicted molar refractivity (Wildman–Crippen MR) is 103 cm³/mol. The lowest BCUT2D eigenvalue weighted by Crippen LogP contribution is -2.46. The van der Waals surface area contributed by atoms with E-state index in [9.17, 15) is 35.9 Å². The van der Waals surface area contributed by atoms with Gasteiger partial charge in [-0.3, -0.25) is 9.59 Å². The Morgan fingerprint density at radius 3 is 2.12 bits per heavy atom. The molecule has 1 atom stereocenters. The first-order valence-corrected chi connectivity index (χ1v) is 9.26. The average Bonchev–Trinajstić information content (AvgIpc) is 3.09. The van der Waals surface area contributed by atoms with Crippen molar-refractivity contribution in [2.75, 3.05) is 0 Å². The number of carbonyl (C=O) groups is 2. The largest absolute Gasteiger partial charge is 0.416 e. The fourth-order valence-electron chi connectivity index (χ4n) is 3.30. The van der Waals surface area contributed by atoms with Crippen molar-refractivity contribution in [3.8, 4) is 0 Å². The molecule has 0 radical (unpaired) electrons. The molecule has 0 unspecified atom stereocenters. The van der Waals surface area contributed by atoms with Gasteiger partial charge < -0.3 is 16.0 Å². The first-order valence-electron chi connectivity index (χ1n) is 9.26. The first-order chi connectivity index (χ1) is 14.8. The fraction of sp³-hybridized carbons (Fsp3) is 0.238. The Balaban J connectivity index is 1.80. The molecule has 0 saturated carbocycles. The molecule has 4 N–H and O–H groups in total. The number of para-hydroxylation sites is 1. The van der Waals surface area contributed by atoms with Gasteiger partial charge in [0.05, 0.1) is 17.5 Å². The number of hydrogen-bond donors (Lipinski definition) is 3. The lowest BCUT2D eigenvalue weighted by atomic mass is 10.0. The van der Waals surface area contributed by atoms with Crippen LogP contribution in [0.5, 0.6) is 0 Å². The number of halogens is 6. The Hall–Kier alpha value is -3.50. The van der Waals surface area contributed by atoms with E-state index in [1.54, 1.807) is 30.5 Å². The lowest BCUT2D eigenvalue weighted by Gasteiger charge is -2.17. The summed E-state index contributed by atoms with van der Waals surface area (Å²) in [5.74, 6) is -1.84. The molecule has 5 nitrogen and oxygen atoms in total. The number of carbonyl (C=O) groups excluding carboxylic acids is 2. The van der Waals surface area contributed by atoms with E-state index in [1.165, 1.54) is 0 Å². The summed E-state index contributed by atoms with van der Waals surface area (Å²) in [6, 6.07) is 6.83. The number of hydrogen-bond acceptors (Lipinski definition) is 2. The summed E-state index contributed by atoms with van der Waals surface area (Å²) in [4.78, 5) is 27.2. The van der Waals surface area contributed by atoms with Crippen LogP contribution in [0.2, 0.25) is 0 Å². The van der Waals surface area contributed by atoms with Crippen LogP contribution in [0, 0.1) is 0 Å². The number of aromatic nitrogens is 1. The monoisotopic (exact) mass is 457 g/mol. The minimum atomic E-state index is -5.03. The summed E-state index contributed by atoms with van der Waals surface area (Å²) in [5.41, 5.74) is 3.22. The van der Waals surface area contributed by atoms with Gasteiger partial charge in [-0.25, -0.2) is 0 Å². The van der Waals surface area contributed by atoms with Crippen molar-refractivity contribution >= 4 is 22.7 Å². The third kappa shape index (κ3) is 5.40. The highest BCUT2D eigenvalue weighted by Gasteiger charge is 2.37. The maximum absolute atomic E-state index is 13.0. The lowest BCUT2D eigenvalue weighted by molar-refractivity contribution is -0.143. The summed E-state index contributed by atoms with van der Waals surface area (Å²) < 4.78 is 78.0. The van der Waals surface area contributed by atoms with Crippen molar-refractivity contribution in [2.24, 2.45) is 5.73 Å². The molecule has 32 heavy (non-hydrogen) atoms. The molecular weight excluding hydrogens is 440 g/mol. The van der Waals surface area contributed by atoms with Crippen molar-refractivity contribution in [3.05, 3.63) is 70.9 Å². The second-order valence-corrected chi connectivity index (χ2v) is 7.18. The number of benzene rings is 2. The third-order valence-corrected chi connectivity index (χ3v) is 4.79. The number of nitrogens with one attached hydrogen (secondary N) is 2. The van der Waals surface area contributed by atoms with Crippen LogP contribution in [0.3, 0.4) is 0 Å². The van der Waals surface area contributed by atoms with Crippen LogP contribution in [0.4, 0.5) is 26.3 Å². The van der Waals surface area contributed by atoms with E-state index in [0.717, 1.165) is 10.9 Å². The molecule has 1 aromatic heterocycles. The van der Waals surface area contributed by atoms with Gasteiger partial charge >= 0.3 is 12.4 Å². The molecule has 3 rings (SSSR count). The van der Waals surface area contributed by atoms with Crippen molar-refractivity contribution in [3.63, 3.8) is 0 Å². The van der Waals surface area contributed by atoms with Gasteiger partial charge in [0.1, 0.15) is 6.04 Å². The van der Waals surface area contributed by atoms with Crippen molar-refractivity contribution in [1.29, 1.82) is 0 Å². The van der Waals surface area contributed by atoms with Gasteiger partial charge in [0.2, 0.25) is 11.8 Å². The van der Waals surface area contributed by atoms with E-state index >= 15 is 0 Å². The quantitative estimate of drug-likeness (QED) is 0.490. The molecule has 0 spiro atoms. The van der Waals surface area contributed by atoms with E-state index in [0.29, 0.717) is 17.7 Å². The summed E-state index contributed by atoms with van der Waals surface area (Å²) in [7, 11) is 0. The zero-order valence-corrected chi connectivity index (χ0v) is 16.3. The van der Waals surface area contributed by atoms with Crippen molar-refractivity contribution < 1.29 is 35.9 Å². The van der Waals surface area contributed by atoms with E-state index in [1.807, 2.05) is 0 Å². The van der Waals surface area contributed by atoms with Crippen LogP contribution in [-0.2, 0) is 34.8 Å². The maximum atomic E-state index is 13.0. The molecule has 11 heteroatoms. The second kappa shape index (κ2) is 8.56. The Bertz CT molecular complexity index is 1120. The topological polar surface area (TPSA) is 88.0 Å². The molecular formula is C21H17F6N3O2. The van der Waals surface area contributed by atoms with Crippen LogP contribution < -0.4 is 11.1 Å². The summed E-state index contributed by atoms with van der Waals surface area (Å²) >= 11 is 0. The first kappa shape index (κ1) is 23.2. The number of aromatic amines is 1. The summed E-state index contributed by atoms with van der Waals surface area (Å²) in [5, 5.41) is 3.07. The molecule has 0 saturated heterocycles. The van der Waals surface area contributed by atoms with Gasteiger partial charge in [-0.2, -0.15) is 26.3 Å². The molecule has 170 valence electrons. The Kier molecular flexibility index (Phi) is 6.20. The molecule has 0 aliphatic heterocycles. The Morgan fingerprint density at radius 2 is 1.56 bits per heavy atom. The van der Waals surface area contributed by atoms with E-state index in [4.69, 9.17) is 5.73 Å². The van der Waals surface area contributed by atoms with Gasteiger partial charge in [0.15, 0.2) is 0 Å². The van der Waals surface area contributed by atoms with Gasteiger partial charge in [-0.15, -0.1) is 0 Å². The number of rotatable bonds is 6. The number of nitrogens with two attached hydrogens (primary N) is 1. The van der Waals surface area contributed by atoms with Crippen LogP contribution in [0.15, 0.2) is 48.7 Å². The number of H-pyrrole nitrogens is 1. The predicted octanol–water partition coefficient (Wildman–Crippen LogP) is 3.96. The van der Waals surface area contributed by atoms with Crippen LogP contribution >= 0.6 is 0 Å². The van der Waals surface area contributed by atoms with Gasteiger partial charge in [0, 0.05) is 23.5 Å². The third-order valence-electron chi connectivity index (χ3n) is 4.79. The van der Waals surface area contributed by atoms with Crippen LogP contribution in [0.1, 0.15) is 22.3 Å². The summed E-state index contributed by atoms with van der Waals surface area (Å²) in [6.45, 7) is 0. The van der Waals surface area contributed by atoms with Crippen molar-refractivity contribution in [2.45, 2.75) is 31.2 Å². The standard InChI is InChI=1S/C21H17F6N3O2/c22-20(23,24)13-5-11(6-14(9-13)21(25,26)27)7-18(31)30-17(19(28)32)8-12-10-29-16-4-2-1-3-15(12)16/h1-6,9-10,17,29H,7-8H2,(H2,28,32)(H,30,31)/t17-/m1/s1.